The molecule has 0 atom stereocenters. The summed E-state index contributed by atoms with van der Waals surface area (Å²) in [5.41, 5.74) is 12.4. The van der Waals surface area contributed by atoms with E-state index in [1.807, 2.05) is 28.7 Å². The summed E-state index contributed by atoms with van der Waals surface area (Å²) in [7, 11) is 0. The molecule has 64 heavy (non-hydrogen) atoms. The molecule has 0 aliphatic heterocycles. The Balaban J connectivity index is 0.969. The van der Waals surface area contributed by atoms with E-state index in [0.717, 1.165) is 77.3 Å². The van der Waals surface area contributed by atoms with Crippen LogP contribution in [0.4, 0.5) is 0 Å². The fourth-order valence-electron chi connectivity index (χ4n) is 10.6. The number of hydrogen-bond acceptors (Lipinski definition) is 4. The molecule has 0 bridgehead atoms. The van der Waals surface area contributed by atoms with Gasteiger partial charge in [-0.05, 0) is 71.3 Å². The van der Waals surface area contributed by atoms with Crippen LogP contribution in [0.15, 0.2) is 203 Å². The molecule has 0 unspecified atom stereocenters. The molecule has 0 N–H and O–H groups in total. The van der Waals surface area contributed by atoms with E-state index in [9.17, 15) is 0 Å². The van der Waals surface area contributed by atoms with Gasteiger partial charge in [0.1, 0.15) is 16.0 Å². The van der Waals surface area contributed by atoms with E-state index >= 15 is 0 Å². The number of rotatable bonds is 4. The lowest BCUT2D eigenvalue weighted by Gasteiger charge is -2.10. The minimum Gasteiger partial charge on any atom is -0.453 e. The molecule has 15 rings (SSSR count). The molecule has 9 aromatic carbocycles. The summed E-state index contributed by atoms with van der Waals surface area (Å²) in [6, 6.07) is 70.1. The number of benzene rings is 9. The van der Waals surface area contributed by atoms with E-state index in [-0.39, 0.29) is 0 Å². The fourth-order valence-corrected chi connectivity index (χ4v) is 13.0. The number of furan rings is 2. The maximum absolute atomic E-state index is 6.97. The zero-order valence-corrected chi connectivity index (χ0v) is 35.6. The Morgan fingerprint density at radius 1 is 0.359 bits per heavy atom. The van der Waals surface area contributed by atoms with Crippen molar-refractivity contribution in [1.82, 2.24) is 9.13 Å². The van der Waals surface area contributed by atoms with Crippen LogP contribution < -0.4 is 0 Å². The molecule has 0 saturated heterocycles. The summed E-state index contributed by atoms with van der Waals surface area (Å²) in [6.07, 6.45) is 0. The molecule has 0 spiro atoms. The molecule has 6 heteroatoms. The van der Waals surface area contributed by atoms with Crippen LogP contribution in [0.1, 0.15) is 0 Å². The Bertz CT molecular complexity index is 4440. The molecule has 0 amide bonds. The number of aromatic nitrogens is 2. The third-order valence-electron chi connectivity index (χ3n) is 13.4. The number of nitrogens with zero attached hydrogens (tertiary/aromatic N) is 2. The van der Waals surface area contributed by atoms with Gasteiger partial charge in [-0.3, -0.25) is 9.13 Å². The van der Waals surface area contributed by atoms with Crippen LogP contribution in [0, 0.1) is 0 Å². The summed E-state index contributed by atoms with van der Waals surface area (Å²) in [5.74, 6) is 0. The van der Waals surface area contributed by atoms with Crippen LogP contribution >= 0.6 is 22.7 Å². The van der Waals surface area contributed by atoms with Crippen molar-refractivity contribution in [3.05, 3.63) is 194 Å². The van der Waals surface area contributed by atoms with Crippen molar-refractivity contribution in [1.29, 1.82) is 0 Å². The van der Waals surface area contributed by atoms with Gasteiger partial charge < -0.3 is 8.83 Å². The topological polar surface area (TPSA) is 36.1 Å². The van der Waals surface area contributed by atoms with E-state index in [0.29, 0.717) is 0 Å². The third kappa shape index (κ3) is 4.65. The molecule has 4 nitrogen and oxygen atoms in total. The van der Waals surface area contributed by atoms with E-state index in [1.165, 1.54) is 62.6 Å². The first-order valence-electron chi connectivity index (χ1n) is 21.6. The van der Waals surface area contributed by atoms with Gasteiger partial charge in [-0.25, -0.2) is 0 Å². The third-order valence-corrected chi connectivity index (χ3v) is 15.7. The summed E-state index contributed by atoms with van der Waals surface area (Å²) < 4.78 is 22.5. The number of hydrogen-bond donors (Lipinski definition) is 0. The van der Waals surface area contributed by atoms with Gasteiger partial charge in [0.25, 0.3) is 0 Å². The van der Waals surface area contributed by atoms with Crippen molar-refractivity contribution in [2.75, 3.05) is 0 Å². The standard InChI is InChI=1S/C58H32N2O2S2/c1-2-13-33(14-3-1)36-18-10-19-38-39-20-11-22-47(55(39)62-54(36)38)59-45-29-27-34(31-43(45)52-41-16-4-7-24-49(41)61-57(52)59)35-28-30-46-44(32-35)53-42-17-6-9-26-51(42)64-58(53)60(46)48-23-12-21-40-37-15-5-8-25-50(37)63-56(40)48/h1-32H. The van der Waals surface area contributed by atoms with E-state index in [4.69, 9.17) is 8.83 Å². The Morgan fingerprint density at radius 2 is 0.969 bits per heavy atom. The number of fused-ring (bicyclic) bond motifs is 16. The maximum atomic E-state index is 6.97. The number of thiophene rings is 2. The molecule has 6 aromatic heterocycles. The summed E-state index contributed by atoms with van der Waals surface area (Å²) >= 11 is 3.76. The van der Waals surface area contributed by atoms with Crippen LogP contribution in [0.3, 0.4) is 0 Å². The van der Waals surface area contributed by atoms with Crippen LogP contribution in [-0.4, -0.2) is 9.13 Å². The van der Waals surface area contributed by atoms with Gasteiger partial charge in [0.05, 0.1) is 32.5 Å². The highest BCUT2D eigenvalue weighted by Gasteiger charge is 2.25. The minimum atomic E-state index is 0.805. The zero-order valence-electron chi connectivity index (χ0n) is 34.0. The zero-order chi connectivity index (χ0) is 41.6. The lowest BCUT2D eigenvalue weighted by atomic mass is 10.00. The van der Waals surface area contributed by atoms with Crippen molar-refractivity contribution in [3.8, 4) is 33.6 Å². The highest BCUT2D eigenvalue weighted by atomic mass is 32.1. The molecule has 0 fully saturated rings. The minimum absolute atomic E-state index is 0.805. The molecule has 0 aliphatic carbocycles. The lowest BCUT2D eigenvalue weighted by molar-refractivity contribution is 0.639. The Morgan fingerprint density at radius 3 is 1.78 bits per heavy atom. The van der Waals surface area contributed by atoms with E-state index in [2.05, 4.69) is 197 Å². The Kier molecular flexibility index (Phi) is 6.95. The van der Waals surface area contributed by atoms with Gasteiger partial charge in [-0.2, -0.15) is 0 Å². The average Bonchev–Trinajstić information content (AvgIpc) is 4.20. The highest BCUT2D eigenvalue weighted by molar-refractivity contribution is 7.27. The van der Waals surface area contributed by atoms with Gasteiger partial charge in [0.2, 0.25) is 5.71 Å². The Hall–Kier alpha value is -7.90. The molecule has 298 valence electrons. The summed E-state index contributed by atoms with van der Waals surface area (Å²) in [5, 5.41) is 12.0. The second-order valence-electron chi connectivity index (χ2n) is 16.7. The van der Waals surface area contributed by atoms with Gasteiger partial charge in [0.15, 0.2) is 5.58 Å². The number of para-hydroxylation sites is 3. The smallest absolute Gasteiger partial charge is 0.213 e. The lowest BCUT2D eigenvalue weighted by Crippen LogP contribution is -1.94. The van der Waals surface area contributed by atoms with Gasteiger partial charge in [-0.1, -0.05) is 140 Å². The van der Waals surface area contributed by atoms with Crippen molar-refractivity contribution in [3.63, 3.8) is 0 Å². The average molecular weight is 853 g/mol. The largest absolute Gasteiger partial charge is 0.453 e. The molecule has 0 saturated carbocycles. The first-order chi connectivity index (χ1) is 31.7. The second kappa shape index (κ2) is 12.8. The van der Waals surface area contributed by atoms with Gasteiger partial charge in [0, 0.05) is 63.4 Å². The second-order valence-corrected chi connectivity index (χ2v) is 18.8. The quantitative estimate of drug-likeness (QED) is 0.177. The molecule has 6 heterocycles. The molecular formula is C58H32N2O2S2. The van der Waals surface area contributed by atoms with E-state index in [1.54, 1.807) is 0 Å². The SMILES string of the molecule is c1ccc(-c2cccc3c2oc2c(-n4c5ccc(-c6ccc7c(c6)c6c8ccccc8sc6n7-c6cccc7c6sc6ccccc67)cc5c5c6ccccc6oc54)cccc23)cc1. The molecule has 0 radical (unpaired) electrons. The first kappa shape index (κ1) is 34.7. The predicted octanol–water partition coefficient (Wildman–Crippen LogP) is 17.4. The van der Waals surface area contributed by atoms with Crippen molar-refractivity contribution >= 4 is 129 Å². The molecule has 0 aliphatic rings. The van der Waals surface area contributed by atoms with Gasteiger partial charge >= 0.3 is 0 Å². The van der Waals surface area contributed by atoms with Crippen molar-refractivity contribution in [2.45, 2.75) is 0 Å². The van der Waals surface area contributed by atoms with Gasteiger partial charge in [-0.15, -0.1) is 22.7 Å². The fraction of sp³-hybridized carbons (Fsp3) is 0. The first-order valence-corrected chi connectivity index (χ1v) is 23.2. The predicted molar refractivity (Wildman–Crippen MR) is 271 cm³/mol. The van der Waals surface area contributed by atoms with Crippen LogP contribution in [0.5, 0.6) is 0 Å². The van der Waals surface area contributed by atoms with Crippen molar-refractivity contribution < 1.29 is 8.83 Å². The monoisotopic (exact) mass is 852 g/mol. The Labute approximate surface area is 372 Å². The summed E-state index contributed by atoms with van der Waals surface area (Å²) in [4.78, 5) is 1.27. The van der Waals surface area contributed by atoms with Crippen molar-refractivity contribution in [2.24, 2.45) is 0 Å². The summed E-state index contributed by atoms with van der Waals surface area (Å²) in [6.45, 7) is 0. The van der Waals surface area contributed by atoms with Crippen LogP contribution in [-0.2, 0) is 0 Å². The normalized spacial score (nSPS) is 12.4. The van der Waals surface area contributed by atoms with E-state index < -0.39 is 0 Å². The maximum Gasteiger partial charge on any atom is 0.213 e. The molecule has 15 aromatic rings. The molecular weight excluding hydrogens is 821 g/mol. The highest BCUT2D eigenvalue weighted by Crippen LogP contribution is 2.48. The van der Waals surface area contributed by atoms with Crippen LogP contribution in [0.2, 0.25) is 0 Å². The van der Waals surface area contributed by atoms with Crippen LogP contribution in [0.25, 0.3) is 140 Å².